The highest BCUT2D eigenvalue weighted by atomic mass is 19.4. The van der Waals surface area contributed by atoms with Gasteiger partial charge in [-0.3, -0.25) is 4.79 Å². The zero-order chi connectivity index (χ0) is 18.9. The number of aromatic nitrogens is 2. The van der Waals surface area contributed by atoms with E-state index in [1.807, 2.05) is 0 Å². The van der Waals surface area contributed by atoms with Crippen molar-refractivity contribution in [2.24, 2.45) is 0 Å². The molecule has 0 bridgehead atoms. The minimum absolute atomic E-state index is 0.00321. The van der Waals surface area contributed by atoms with Crippen LogP contribution in [-0.2, 0) is 30.5 Å². The first-order valence-corrected chi connectivity index (χ1v) is 8.09. The van der Waals surface area contributed by atoms with Crippen molar-refractivity contribution in [2.45, 2.75) is 38.5 Å². The van der Waals surface area contributed by atoms with E-state index in [0.29, 0.717) is 6.42 Å². The number of imidazole rings is 1. The van der Waals surface area contributed by atoms with Crippen molar-refractivity contribution < 1.29 is 26.7 Å². The van der Waals surface area contributed by atoms with Gasteiger partial charge in [0, 0.05) is 25.7 Å². The van der Waals surface area contributed by atoms with Gasteiger partial charge in [-0.25, -0.2) is 13.8 Å². The fourth-order valence-electron chi connectivity index (χ4n) is 2.92. The Labute approximate surface area is 146 Å². The van der Waals surface area contributed by atoms with E-state index >= 15 is 0 Å². The van der Waals surface area contributed by atoms with Crippen LogP contribution < -0.4 is 0 Å². The monoisotopic (exact) mass is 373 g/mol. The largest absolute Gasteiger partial charge is 0.434 e. The maximum Gasteiger partial charge on any atom is 0.434 e. The van der Waals surface area contributed by atoms with Crippen LogP contribution in [0.25, 0.3) is 0 Å². The third-order valence-corrected chi connectivity index (χ3v) is 4.29. The summed E-state index contributed by atoms with van der Waals surface area (Å²) in [4.78, 5) is 17.2. The van der Waals surface area contributed by atoms with E-state index in [2.05, 4.69) is 4.98 Å². The Morgan fingerprint density at radius 1 is 1.19 bits per heavy atom. The van der Waals surface area contributed by atoms with E-state index in [0.717, 1.165) is 24.4 Å². The highest BCUT2D eigenvalue weighted by Crippen LogP contribution is 2.29. The van der Waals surface area contributed by atoms with E-state index in [4.69, 9.17) is 0 Å². The van der Waals surface area contributed by atoms with Gasteiger partial charge in [-0.2, -0.15) is 13.2 Å². The highest BCUT2D eigenvalue weighted by molar-refractivity contribution is 5.76. The van der Waals surface area contributed by atoms with Crippen LogP contribution in [-0.4, -0.2) is 26.9 Å². The van der Waals surface area contributed by atoms with Crippen molar-refractivity contribution in [2.75, 3.05) is 6.54 Å². The molecule has 2 heterocycles. The molecule has 9 heteroatoms. The van der Waals surface area contributed by atoms with Crippen molar-refractivity contribution in [3.05, 3.63) is 53.1 Å². The summed E-state index contributed by atoms with van der Waals surface area (Å²) < 4.78 is 66.2. The minimum Gasteiger partial charge on any atom is -0.333 e. The van der Waals surface area contributed by atoms with Crippen molar-refractivity contribution in [1.82, 2.24) is 14.5 Å². The number of rotatable bonds is 4. The number of carbonyl (C=O) groups is 1. The molecule has 1 aromatic heterocycles. The molecule has 2 aromatic rings. The lowest BCUT2D eigenvalue weighted by atomic mass is 10.1. The van der Waals surface area contributed by atoms with Crippen LogP contribution in [0.5, 0.6) is 0 Å². The van der Waals surface area contributed by atoms with Gasteiger partial charge in [0.25, 0.3) is 0 Å². The molecule has 0 atom stereocenters. The van der Waals surface area contributed by atoms with E-state index < -0.39 is 23.5 Å². The second kappa shape index (κ2) is 7.05. The number of fused-ring (bicyclic) bond motifs is 1. The van der Waals surface area contributed by atoms with Crippen molar-refractivity contribution >= 4 is 5.91 Å². The number of hydrogen-bond acceptors (Lipinski definition) is 2. The minimum atomic E-state index is -4.52. The predicted octanol–water partition coefficient (Wildman–Crippen LogP) is 3.55. The van der Waals surface area contributed by atoms with Crippen molar-refractivity contribution in [1.29, 1.82) is 0 Å². The second-order valence-corrected chi connectivity index (χ2v) is 6.14. The standard InChI is InChI=1S/C17H16F5N3O/c18-12-4-5-13(19)11(8-12)2-1-3-16(26)25-7-6-24-9-14(17(20,21)22)23-15(24)10-25/h4-5,8-9H,1-3,6-7,10H2. The van der Waals surface area contributed by atoms with Gasteiger partial charge in [-0.05, 0) is 36.6 Å². The number of benzene rings is 1. The van der Waals surface area contributed by atoms with E-state index in [1.165, 1.54) is 9.47 Å². The summed E-state index contributed by atoms with van der Waals surface area (Å²) in [6, 6.07) is 3.15. The van der Waals surface area contributed by atoms with Gasteiger partial charge in [0.05, 0.1) is 6.54 Å². The average molecular weight is 373 g/mol. The van der Waals surface area contributed by atoms with Crippen LogP contribution in [0, 0.1) is 11.6 Å². The van der Waals surface area contributed by atoms with E-state index in [-0.39, 0.29) is 49.8 Å². The topological polar surface area (TPSA) is 38.1 Å². The van der Waals surface area contributed by atoms with Gasteiger partial charge in [0.1, 0.15) is 17.5 Å². The fourth-order valence-corrected chi connectivity index (χ4v) is 2.92. The van der Waals surface area contributed by atoms with Gasteiger partial charge >= 0.3 is 6.18 Å². The molecule has 1 aliphatic rings. The summed E-state index contributed by atoms with van der Waals surface area (Å²) in [7, 11) is 0. The van der Waals surface area contributed by atoms with Crippen LogP contribution in [0.15, 0.2) is 24.4 Å². The Bertz CT molecular complexity index is 815. The van der Waals surface area contributed by atoms with Crippen LogP contribution in [0.4, 0.5) is 22.0 Å². The van der Waals surface area contributed by atoms with E-state index in [1.54, 1.807) is 0 Å². The molecule has 0 unspecified atom stereocenters. The second-order valence-electron chi connectivity index (χ2n) is 6.14. The molecular formula is C17H16F5N3O. The Hall–Kier alpha value is -2.45. The molecule has 0 saturated carbocycles. The van der Waals surface area contributed by atoms with Gasteiger partial charge < -0.3 is 9.47 Å². The molecule has 140 valence electrons. The lowest BCUT2D eigenvalue weighted by molar-refractivity contribution is -0.141. The third-order valence-electron chi connectivity index (χ3n) is 4.29. The molecule has 0 spiro atoms. The average Bonchev–Trinajstić information content (AvgIpc) is 3.01. The molecule has 0 saturated heterocycles. The Morgan fingerprint density at radius 3 is 2.69 bits per heavy atom. The van der Waals surface area contributed by atoms with E-state index in [9.17, 15) is 26.7 Å². The first-order chi connectivity index (χ1) is 12.2. The third kappa shape index (κ3) is 4.03. The number of carbonyl (C=O) groups excluding carboxylic acids is 1. The maximum atomic E-state index is 13.5. The highest BCUT2D eigenvalue weighted by Gasteiger charge is 2.36. The number of nitrogens with zero attached hydrogens (tertiary/aromatic N) is 3. The quantitative estimate of drug-likeness (QED) is 0.769. The SMILES string of the molecule is O=C(CCCc1cc(F)ccc1F)N1CCn2cc(C(F)(F)F)nc2C1. The van der Waals surface area contributed by atoms with Gasteiger partial charge in [-0.15, -0.1) is 0 Å². The number of alkyl halides is 3. The predicted molar refractivity (Wildman–Crippen MR) is 81.9 cm³/mol. The molecule has 3 rings (SSSR count). The maximum absolute atomic E-state index is 13.5. The first-order valence-electron chi connectivity index (χ1n) is 8.09. The lowest BCUT2D eigenvalue weighted by Gasteiger charge is -2.27. The summed E-state index contributed by atoms with van der Waals surface area (Å²) in [5.74, 6) is -1.13. The van der Waals surface area contributed by atoms with Crippen LogP contribution >= 0.6 is 0 Å². The van der Waals surface area contributed by atoms with Crippen LogP contribution in [0.1, 0.15) is 29.9 Å². The van der Waals surface area contributed by atoms with Gasteiger partial charge in [-0.1, -0.05) is 0 Å². The molecule has 1 amide bonds. The van der Waals surface area contributed by atoms with Crippen LogP contribution in [0.3, 0.4) is 0 Å². The molecule has 26 heavy (non-hydrogen) atoms. The smallest absolute Gasteiger partial charge is 0.333 e. The molecule has 0 radical (unpaired) electrons. The normalized spacial score (nSPS) is 14.4. The molecule has 0 fully saturated rings. The van der Waals surface area contributed by atoms with Crippen molar-refractivity contribution in [3.63, 3.8) is 0 Å². The number of amides is 1. The number of halogens is 5. The number of aryl methyl sites for hydroxylation is 1. The van der Waals surface area contributed by atoms with Gasteiger partial charge in [0.2, 0.25) is 5.91 Å². The lowest BCUT2D eigenvalue weighted by Crippen LogP contribution is -2.38. The molecule has 1 aromatic carbocycles. The Morgan fingerprint density at radius 2 is 1.96 bits per heavy atom. The summed E-state index contributed by atoms with van der Waals surface area (Å²) in [6.07, 6.45) is -2.95. The fraction of sp³-hybridized carbons (Fsp3) is 0.412. The Kier molecular flexibility index (Phi) is 4.97. The Balaban J connectivity index is 1.56. The molecule has 0 N–H and O–H groups in total. The van der Waals surface area contributed by atoms with Gasteiger partial charge in [0.15, 0.2) is 5.69 Å². The zero-order valence-electron chi connectivity index (χ0n) is 13.7. The van der Waals surface area contributed by atoms with Crippen LogP contribution in [0.2, 0.25) is 0 Å². The zero-order valence-corrected chi connectivity index (χ0v) is 13.7. The summed E-state index contributed by atoms with van der Waals surface area (Å²) in [6.45, 7) is 0.528. The number of hydrogen-bond donors (Lipinski definition) is 0. The molecular weight excluding hydrogens is 357 g/mol. The first kappa shape index (κ1) is 18.3. The summed E-state index contributed by atoms with van der Waals surface area (Å²) >= 11 is 0. The summed E-state index contributed by atoms with van der Waals surface area (Å²) in [5, 5.41) is 0. The molecule has 0 aliphatic carbocycles. The summed E-state index contributed by atoms with van der Waals surface area (Å²) in [5.41, 5.74) is -0.773. The molecule has 4 nitrogen and oxygen atoms in total. The van der Waals surface area contributed by atoms with Crippen molar-refractivity contribution in [3.8, 4) is 0 Å². The molecule has 1 aliphatic heterocycles.